The fourth-order valence-electron chi connectivity index (χ4n) is 2.61. The third-order valence-electron chi connectivity index (χ3n) is 4.30. The highest BCUT2D eigenvalue weighted by atomic mass is 16.5. The molecule has 7 heteroatoms. The highest BCUT2D eigenvalue weighted by Gasteiger charge is 2.10. The van der Waals surface area contributed by atoms with Crippen molar-refractivity contribution in [3.8, 4) is 0 Å². The van der Waals surface area contributed by atoms with Gasteiger partial charge >= 0.3 is 5.97 Å². The molecule has 0 atom stereocenters. The van der Waals surface area contributed by atoms with E-state index < -0.39 is 11.9 Å². The van der Waals surface area contributed by atoms with Gasteiger partial charge in [0.05, 0.1) is 25.1 Å². The van der Waals surface area contributed by atoms with Crippen molar-refractivity contribution in [1.29, 1.82) is 0 Å². The van der Waals surface area contributed by atoms with Gasteiger partial charge in [-0.15, -0.1) is 0 Å². The Morgan fingerprint density at radius 1 is 0.897 bits per heavy atom. The lowest BCUT2D eigenvalue weighted by Crippen LogP contribution is -2.14. The number of nitrogens with one attached hydrogen (secondary N) is 2. The molecule has 0 fully saturated rings. The van der Waals surface area contributed by atoms with Gasteiger partial charge in [0.1, 0.15) is 11.5 Å². The first kappa shape index (κ1) is 20.0. The second-order valence-corrected chi connectivity index (χ2v) is 6.71. The van der Waals surface area contributed by atoms with Crippen molar-refractivity contribution in [2.24, 2.45) is 0 Å². The number of methoxy groups -OCH3 is 1. The molecule has 0 aliphatic carbocycles. The maximum absolute atomic E-state index is 12.3. The van der Waals surface area contributed by atoms with Crippen LogP contribution in [0.2, 0.25) is 0 Å². The summed E-state index contributed by atoms with van der Waals surface area (Å²) in [5.41, 5.74) is 3.28. The van der Waals surface area contributed by atoms with Crippen LogP contribution in [0.3, 0.4) is 0 Å². The number of carbonyl (C=O) groups excluding carboxylic acids is 2. The molecule has 0 spiro atoms. The Balaban J connectivity index is 1.61. The summed E-state index contributed by atoms with van der Waals surface area (Å²) >= 11 is 0. The molecule has 1 heterocycles. The minimum absolute atomic E-state index is 0.183. The third-order valence-corrected chi connectivity index (χ3v) is 4.30. The van der Waals surface area contributed by atoms with E-state index in [4.69, 9.17) is 0 Å². The van der Waals surface area contributed by atoms with Crippen molar-refractivity contribution >= 4 is 29.1 Å². The average Bonchev–Trinajstić information content (AvgIpc) is 2.74. The topological polar surface area (TPSA) is 93.2 Å². The normalized spacial score (nSPS) is 10.5. The highest BCUT2D eigenvalue weighted by molar-refractivity contribution is 6.03. The maximum Gasteiger partial charge on any atom is 0.337 e. The van der Waals surface area contributed by atoms with Crippen LogP contribution in [0.25, 0.3) is 0 Å². The van der Waals surface area contributed by atoms with Crippen molar-refractivity contribution in [1.82, 2.24) is 9.97 Å². The van der Waals surface area contributed by atoms with Gasteiger partial charge in [0.2, 0.25) is 0 Å². The summed E-state index contributed by atoms with van der Waals surface area (Å²) in [6.45, 7) is 4.29. The van der Waals surface area contributed by atoms with Gasteiger partial charge in [-0.1, -0.05) is 26.0 Å². The van der Waals surface area contributed by atoms with Crippen LogP contribution >= 0.6 is 0 Å². The predicted octanol–water partition coefficient (Wildman–Crippen LogP) is 4.38. The molecule has 1 amide bonds. The lowest BCUT2D eigenvalue weighted by molar-refractivity contribution is 0.0600. The first-order valence-electron chi connectivity index (χ1n) is 9.15. The van der Waals surface area contributed by atoms with E-state index in [1.807, 2.05) is 12.1 Å². The van der Waals surface area contributed by atoms with Crippen molar-refractivity contribution in [2.75, 3.05) is 17.7 Å². The van der Waals surface area contributed by atoms with E-state index in [2.05, 4.69) is 51.3 Å². The summed E-state index contributed by atoms with van der Waals surface area (Å²) in [5, 5.41) is 5.87. The number of amides is 1. The van der Waals surface area contributed by atoms with E-state index in [0.717, 1.165) is 5.69 Å². The van der Waals surface area contributed by atoms with E-state index in [-0.39, 0.29) is 5.69 Å². The minimum atomic E-state index is -0.435. The lowest BCUT2D eigenvalue weighted by atomic mass is 10.0. The maximum atomic E-state index is 12.3. The van der Waals surface area contributed by atoms with Gasteiger partial charge in [-0.05, 0) is 47.9 Å². The largest absolute Gasteiger partial charge is 0.465 e. The van der Waals surface area contributed by atoms with E-state index in [1.54, 1.807) is 24.3 Å². The number of anilines is 3. The van der Waals surface area contributed by atoms with Crippen molar-refractivity contribution in [3.05, 3.63) is 77.7 Å². The zero-order valence-corrected chi connectivity index (χ0v) is 16.5. The van der Waals surface area contributed by atoms with Gasteiger partial charge in [-0.2, -0.15) is 0 Å². The number of aromatic nitrogens is 2. The standard InChI is InChI=1S/C22H22N4O3/c1-14(2)15-4-8-17(9-5-15)25-20-13-23-19(12-24-20)21(27)26-18-10-6-16(7-11-18)22(28)29-3/h4-14H,1-3H3,(H,24,25)(H,26,27). The molecule has 0 aliphatic heterocycles. The SMILES string of the molecule is COC(=O)c1ccc(NC(=O)c2cnc(Nc3ccc(C(C)C)cc3)cn2)cc1. The zero-order chi connectivity index (χ0) is 20.8. The molecule has 2 N–H and O–H groups in total. The zero-order valence-electron chi connectivity index (χ0n) is 16.5. The van der Waals surface area contributed by atoms with Crippen molar-refractivity contribution in [2.45, 2.75) is 19.8 Å². The van der Waals surface area contributed by atoms with Crippen LogP contribution in [0.4, 0.5) is 17.2 Å². The Bertz CT molecular complexity index is 982. The summed E-state index contributed by atoms with van der Waals surface area (Å²) in [6, 6.07) is 14.5. The van der Waals surface area contributed by atoms with Gasteiger partial charge in [0.15, 0.2) is 0 Å². The van der Waals surface area contributed by atoms with Crippen LogP contribution in [0.1, 0.15) is 46.2 Å². The Hall–Kier alpha value is -3.74. The molecule has 0 saturated heterocycles. The molecule has 0 aliphatic rings. The summed E-state index contributed by atoms with van der Waals surface area (Å²) in [7, 11) is 1.32. The van der Waals surface area contributed by atoms with E-state index in [0.29, 0.717) is 23.0 Å². The molecule has 0 unspecified atom stereocenters. The summed E-state index contributed by atoms with van der Waals surface area (Å²) in [4.78, 5) is 32.2. The fourth-order valence-corrected chi connectivity index (χ4v) is 2.61. The summed E-state index contributed by atoms with van der Waals surface area (Å²) in [6.07, 6.45) is 2.91. The van der Waals surface area contributed by atoms with Gasteiger partial charge in [-0.3, -0.25) is 4.79 Å². The molecule has 1 aromatic heterocycles. The Morgan fingerprint density at radius 3 is 2.10 bits per heavy atom. The van der Waals surface area contributed by atoms with E-state index >= 15 is 0 Å². The van der Waals surface area contributed by atoms with Crippen molar-refractivity contribution in [3.63, 3.8) is 0 Å². The van der Waals surface area contributed by atoms with Crippen LogP contribution in [0.5, 0.6) is 0 Å². The first-order chi connectivity index (χ1) is 14.0. The molecule has 148 valence electrons. The Labute approximate surface area is 169 Å². The second kappa shape index (κ2) is 8.97. The quantitative estimate of drug-likeness (QED) is 0.607. The number of esters is 1. The van der Waals surface area contributed by atoms with Crippen LogP contribution in [0.15, 0.2) is 60.9 Å². The summed E-state index contributed by atoms with van der Waals surface area (Å²) in [5.74, 6) is 0.186. The molecular weight excluding hydrogens is 368 g/mol. The lowest BCUT2D eigenvalue weighted by Gasteiger charge is -2.09. The molecule has 29 heavy (non-hydrogen) atoms. The average molecular weight is 390 g/mol. The van der Waals surface area contributed by atoms with Gasteiger partial charge in [0, 0.05) is 11.4 Å². The highest BCUT2D eigenvalue weighted by Crippen LogP contribution is 2.19. The number of nitrogens with zero attached hydrogens (tertiary/aromatic N) is 2. The van der Waals surface area contributed by atoms with Crippen LogP contribution < -0.4 is 10.6 Å². The third kappa shape index (κ3) is 5.16. The van der Waals surface area contributed by atoms with Crippen LogP contribution in [-0.2, 0) is 4.74 Å². The Kier molecular flexibility index (Phi) is 6.19. The van der Waals surface area contributed by atoms with E-state index in [9.17, 15) is 9.59 Å². The van der Waals surface area contributed by atoms with Gasteiger partial charge in [0.25, 0.3) is 5.91 Å². The predicted molar refractivity (Wildman–Crippen MR) is 112 cm³/mol. The first-order valence-corrected chi connectivity index (χ1v) is 9.15. The molecular formula is C22H22N4O3. The second-order valence-electron chi connectivity index (χ2n) is 6.71. The molecule has 7 nitrogen and oxygen atoms in total. The minimum Gasteiger partial charge on any atom is -0.465 e. The molecule has 0 radical (unpaired) electrons. The Morgan fingerprint density at radius 2 is 1.55 bits per heavy atom. The van der Waals surface area contributed by atoms with Gasteiger partial charge in [-0.25, -0.2) is 14.8 Å². The number of rotatable bonds is 6. The molecule has 3 aromatic rings. The number of carbonyl (C=O) groups is 2. The number of benzene rings is 2. The fraction of sp³-hybridized carbons (Fsp3) is 0.182. The monoisotopic (exact) mass is 390 g/mol. The summed E-state index contributed by atoms with van der Waals surface area (Å²) < 4.78 is 4.65. The van der Waals surface area contributed by atoms with Crippen LogP contribution in [-0.4, -0.2) is 29.0 Å². The molecule has 0 bridgehead atoms. The smallest absolute Gasteiger partial charge is 0.337 e. The van der Waals surface area contributed by atoms with Crippen molar-refractivity contribution < 1.29 is 14.3 Å². The molecule has 2 aromatic carbocycles. The van der Waals surface area contributed by atoms with Crippen LogP contribution in [0, 0.1) is 0 Å². The van der Waals surface area contributed by atoms with E-state index in [1.165, 1.54) is 25.1 Å². The number of hydrogen-bond donors (Lipinski definition) is 2. The number of ether oxygens (including phenoxy) is 1. The van der Waals surface area contributed by atoms with Gasteiger partial charge < -0.3 is 15.4 Å². The number of hydrogen-bond acceptors (Lipinski definition) is 6. The molecule has 0 saturated carbocycles. The molecule has 3 rings (SSSR count).